The Bertz CT molecular complexity index is 617. The summed E-state index contributed by atoms with van der Waals surface area (Å²) in [5, 5.41) is 0. The Morgan fingerprint density at radius 2 is 2.16 bits per heavy atom. The van der Waals surface area contributed by atoms with Gasteiger partial charge in [0.25, 0.3) is 0 Å². The lowest BCUT2D eigenvalue weighted by Crippen LogP contribution is -2.26. The highest BCUT2D eigenvalue weighted by molar-refractivity contribution is 8.13. The molecule has 1 aliphatic heterocycles. The van der Waals surface area contributed by atoms with Gasteiger partial charge in [0.15, 0.2) is 0 Å². The van der Waals surface area contributed by atoms with Crippen LogP contribution in [0, 0.1) is 18.7 Å². The van der Waals surface area contributed by atoms with Crippen LogP contribution in [0.15, 0.2) is 18.2 Å². The lowest BCUT2D eigenvalue weighted by Gasteiger charge is -2.19. The highest BCUT2D eigenvalue weighted by atomic mass is 35.7. The van der Waals surface area contributed by atoms with E-state index >= 15 is 0 Å². The standard InChI is InChI=1S/C12H13ClFNO3S/c1-8-4-10(14)2-3-11(8)15-6-9(5-12(15)16)7-19(13,17)18/h2-4,9H,5-7H2,1H3. The lowest BCUT2D eigenvalue weighted by molar-refractivity contribution is -0.117. The van der Waals surface area contributed by atoms with Gasteiger partial charge in [0.2, 0.25) is 15.0 Å². The van der Waals surface area contributed by atoms with E-state index in [1.807, 2.05) is 0 Å². The van der Waals surface area contributed by atoms with Crippen LogP contribution in [0.3, 0.4) is 0 Å². The van der Waals surface area contributed by atoms with Gasteiger partial charge in [-0.15, -0.1) is 0 Å². The molecule has 1 unspecified atom stereocenters. The Kier molecular flexibility index (Phi) is 3.82. The van der Waals surface area contributed by atoms with Crippen LogP contribution in [0.1, 0.15) is 12.0 Å². The van der Waals surface area contributed by atoms with Gasteiger partial charge in [0, 0.05) is 35.3 Å². The minimum atomic E-state index is -3.62. The van der Waals surface area contributed by atoms with Gasteiger partial charge in [0.1, 0.15) is 5.82 Å². The maximum absolute atomic E-state index is 13.0. The SMILES string of the molecule is Cc1cc(F)ccc1N1CC(CS(=O)(=O)Cl)CC1=O. The molecule has 1 amide bonds. The molecule has 1 aromatic carbocycles. The summed E-state index contributed by atoms with van der Waals surface area (Å²) in [4.78, 5) is 13.4. The van der Waals surface area contributed by atoms with E-state index in [0.717, 1.165) is 0 Å². The molecule has 1 saturated heterocycles. The molecule has 19 heavy (non-hydrogen) atoms. The van der Waals surface area contributed by atoms with Gasteiger partial charge in [-0.3, -0.25) is 4.79 Å². The van der Waals surface area contributed by atoms with Crippen molar-refractivity contribution in [1.29, 1.82) is 0 Å². The molecule has 0 saturated carbocycles. The number of amides is 1. The lowest BCUT2D eigenvalue weighted by atomic mass is 10.1. The van der Waals surface area contributed by atoms with Gasteiger partial charge in [-0.05, 0) is 30.7 Å². The quantitative estimate of drug-likeness (QED) is 0.803. The predicted molar refractivity (Wildman–Crippen MR) is 71.2 cm³/mol. The first-order chi connectivity index (χ1) is 8.76. The Labute approximate surface area is 115 Å². The molecule has 1 aromatic rings. The summed E-state index contributed by atoms with van der Waals surface area (Å²) < 4.78 is 35.1. The molecule has 4 nitrogen and oxygen atoms in total. The van der Waals surface area contributed by atoms with E-state index in [-0.39, 0.29) is 36.4 Å². The molecule has 0 aromatic heterocycles. The molecule has 0 spiro atoms. The second-order valence-corrected chi connectivity index (χ2v) is 7.53. The third-order valence-electron chi connectivity index (χ3n) is 3.09. The molecule has 2 rings (SSSR count). The second kappa shape index (κ2) is 5.09. The van der Waals surface area contributed by atoms with Crippen LogP contribution >= 0.6 is 10.7 Å². The fourth-order valence-corrected chi connectivity index (χ4v) is 3.65. The van der Waals surface area contributed by atoms with Gasteiger partial charge in [0.05, 0.1) is 5.75 Å². The number of benzene rings is 1. The van der Waals surface area contributed by atoms with Gasteiger partial charge in [-0.25, -0.2) is 12.8 Å². The largest absolute Gasteiger partial charge is 0.312 e. The van der Waals surface area contributed by atoms with E-state index in [1.54, 1.807) is 6.92 Å². The number of anilines is 1. The third-order valence-corrected chi connectivity index (χ3v) is 4.34. The van der Waals surface area contributed by atoms with E-state index in [1.165, 1.54) is 23.1 Å². The molecule has 0 N–H and O–H groups in total. The van der Waals surface area contributed by atoms with Crippen molar-refractivity contribution in [3.8, 4) is 0 Å². The fourth-order valence-electron chi connectivity index (χ4n) is 2.33. The smallest absolute Gasteiger partial charge is 0.232 e. The topological polar surface area (TPSA) is 54.5 Å². The number of rotatable bonds is 3. The fraction of sp³-hybridized carbons (Fsp3) is 0.417. The number of hydrogen-bond donors (Lipinski definition) is 0. The third kappa shape index (κ3) is 3.45. The van der Waals surface area contributed by atoms with Crippen LogP contribution in [-0.2, 0) is 13.8 Å². The number of aryl methyl sites for hydroxylation is 1. The summed E-state index contributed by atoms with van der Waals surface area (Å²) >= 11 is 0. The summed E-state index contributed by atoms with van der Waals surface area (Å²) in [7, 11) is 1.58. The van der Waals surface area contributed by atoms with Gasteiger partial charge in [-0.2, -0.15) is 0 Å². The molecule has 0 bridgehead atoms. The predicted octanol–water partition coefficient (Wildman–Crippen LogP) is 2.06. The van der Waals surface area contributed by atoms with E-state index in [9.17, 15) is 17.6 Å². The van der Waals surface area contributed by atoms with Gasteiger partial charge in [-0.1, -0.05) is 0 Å². The molecule has 0 aliphatic carbocycles. The van der Waals surface area contributed by atoms with E-state index in [4.69, 9.17) is 10.7 Å². The average Bonchev–Trinajstić information content (AvgIpc) is 2.56. The molecule has 1 heterocycles. The number of carbonyl (C=O) groups excluding carboxylic acids is 1. The van der Waals surface area contributed by atoms with Crippen molar-refractivity contribution in [3.63, 3.8) is 0 Å². The monoisotopic (exact) mass is 305 g/mol. The van der Waals surface area contributed by atoms with Crippen LogP contribution in [0.5, 0.6) is 0 Å². The van der Waals surface area contributed by atoms with Crippen molar-refractivity contribution >= 4 is 31.3 Å². The van der Waals surface area contributed by atoms with Crippen LogP contribution < -0.4 is 4.90 Å². The normalized spacial score (nSPS) is 20.1. The molecule has 1 atom stereocenters. The zero-order valence-corrected chi connectivity index (χ0v) is 11.8. The van der Waals surface area contributed by atoms with Crippen LogP contribution in [0.25, 0.3) is 0 Å². The van der Waals surface area contributed by atoms with Gasteiger partial charge >= 0.3 is 0 Å². The Balaban J connectivity index is 2.20. The average molecular weight is 306 g/mol. The minimum absolute atomic E-state index is 0.142. The second-order valence-electron chi connectivity index (χ2n) is 4.71. The number of halogens is 2. The summed E-state index contributed by atoms with van der Waals surface area (Å²) in [5.74, 6) is -1.08. The van der Waals surface area contributed by atoms with Crippen molar-refractivity contribution in [1.82, 2.24) is 0 Å². The van der Waals surface area contributed by atoms with Crippen molar-refractivity contribution in [3.05, 3.63) is 29.6 Å². The van der Waals surface area contributed by atoms with E-state index in [0.29, 0.717) is 11.3 Å². The number of nitrogens with zero attached hydrogens (tertiary/aromatic N) is 1. The maximum Gasteiger partial charge on any atom is 0.232 e. The summed E-state index contributed by atoms with van der Waals surface area (Å²) in [6.45, 7) is 1.99. The Morgan fingerprint density at radius 3 is 2.74 bits per heavy atom. The molecule has 7 heteroatoms. The van der Waals surface area contributed by atoms with Crippen LogP contribution in [0.2, 0.25) is 0 Å². The van der Waals surface area contributed by atoms with Crippen molar-refractivity contribution in [2.75, 3.05) is 17.2 Å². The molecule has 104 valence electrons. The van der Waals surface area contributed by atoms with Crippen molar-refractivity contribution < 1.29 is 17.6 Å². The Morgan fingerprint density at radius 1 is 1.47 bits per heavy atom. The molecular formula is C12H13ClFNO3S. The molecule has 1 aliphatic rings. The first-order valence-electron chi connectivity index (χ1n) is 5.75. The van der Waals surface area contributed by atoms with E-state index in [2.05, 4.69) is 0 Å². The van der Waals surface area contributed by atoms with E-state index < -0.39 is 9.05 Å². The highest BCUT2D eigenvalue weighted by Gasteiger charge is 2.33. The zero-order chi connectivity index (χ0) is 14.2. The first kappa shape index (κ1) is 14.3. The zero-order valence-electron chi connectivity index (χ0n) is 10.3. The summed E-state index contributed by atoms with van der Waals surface area (Å²) in [5.41, 5.74) is 1.25. The first-order valence-corrected chi connectivity index (χ1v) is 8.23. The van der Waals surface area contributed by atoms with Gasteiger partial charge < -0.3 is 4.90 Å². The molecular weight excluding hydrogens is 293 g/mol. The highest BCUT2D eigenvalue weighted by Crippen LogP contribution is 2.29. The number of hydrogen-bond acceptors (Lipinski definition) is 3. The maximum atomic E-state index is 13.0. The Hall–Kier alpha value is -1.14. The molecule has 0 radical (unpaired) electrons. The minimum Gasteiger partial charge on any atom is -0.312 e. The van der Waals surface area contributed by atoms with Crippen molar-refractivity contribution in [2.45, 2.75) is 13.3 Å². The summed E-state index contributed by atoms with van der Waals surface area (Å²) in [6, 6.07) is 4.15. The number of carbonyl (C=O) groups is 1. The van der Waals surface area contributed by atoms with Crippen molar-refractivity contribution in [2.24, 2.45) is 5.92 Å². The molecule has 1 fully saturated rings. The summed E-state index contributed by atoms with van der Waals surface area (Å²) in [6.07, 6.45) is 0.142. The van der Waals surface area contributed by atoms with Crippen LogP contribution in [-0.4, -0.2) is 26.6 Å². The van der Waals surface area contributed by atoms with Crippen LogP contribution in [0.4, 0.5) is 10.1 Å².